The highest BCUT2D eigenvalue weighted by Gasteiger charge is 2.27. The first-order valence-corrected chi connectivity index (χ1v) is 14.0. The number of anilines is 3. The number of rotatable bonds is 7. The number of ether oxygens (including phenoxy) is 1. The summed E-state index contributed by atoms with van der Waals surface area (Å²) in [6.45, 7) is 3.28. The second kappa shape index (κ2) is 11.9. The predicted octanol–water partition coefficient (Wildman–Crippen LogP) is 5.21. The highest BCUT2D eigenvalue weighted by molar-refractivity contribution is 6.02. The van der Waals surface area contributed by atoms with Crippen molar-refractivity contribution in [1.29, 1.82) is 0 Å². The number of amides is 2. The third kappa shape index (κ3) is 6.03. The molecule has 0 unspecified atom stereocenters. The molecular weight excluding hydrogens is 464 g/mol. The van der Waals surface area contributed by atoms with Crippen molar-refractivity contribution in [3.05, 3.63) is 48.0 Å². The molecule has 198 valence electrons. The van der Waals surface area contributed by atoms with Crippen LogP contribution in [0.4, 0.5) is 17.1 Å². The van der Waals surface area contributed by atoms with Crippen LogP contribution in [-0.2, 0) is 4.79 Å². The molecule has 1 aliphatic heterocycles. The summed E-state index contributed by atoms with van der Waals surface area (Å²) < 4.78 is 5.57. The highest BCUT2D eigenvalue weighted by Crippen LogP contribution is 2.32. The van der Waals surface area contributed by atoms with Gasteiger partial charge in [-0.05, 0) is 56.0 Å². The van der Waals surface area contributed by atoms with Crippen LogP contribution in [0.25, 0.3) is 0 Å². The molecule has 37 heavy (non-hydrogen) atoms. The van der Waals surface area contributed by atoms with Crippen LogP contribution in [0.15, 0.2) is 42.5 Å². The molecule has 2 aromatic carbocycles. The van der Waals surface area contributed by atoms with Crippen molar-refractivity contribution in [1.82, 2.24) is 5.32 Å². The standard InChI is InChI=1S/C30H40N4O3/c1-37-28-14-8-7-13-27(28)34-19-17-33(18-20-34)26-16-15-24(32-29(35)22-9-5-6-10-22)21-25(26)30(36)31-23-11-3-2-4-12-23/h7-8,13-16,21-23H,2-6,9-12,17-20H2,1H3,(H,31,36)(H,32,35). The second-order valence-electron chi connectivity index (χ2n) is 10.7. The maximum absolute atomic E-state index is 13.6. The van der Waals surface area contributed by atoms with Crippen LogP contribution in [-0.4, -0.2) is 51.1 Å². The monoisotopic (exact) mass is 504 g/mol. The van der Waals surface area contributed by atoms with E-state index >= 15 is 0 Å². The van der Waals surface area contributed by atoms with E-state index in [9.17, 15) is 9.59 Å². The van der Waals surface area contributed by atoms with Crippen molar-refractivity contribution in [2.75, 3.05) is 48.4 Å². The number of hydrogen-bond donors (Lipinski definition) is 2. The summed E-state index contributed by atoms with van der Waals surface area (Å²) >= 11 is 0. The number of carbonyl (C=O) groups excluding carboxylic acids is 2. The fourth-order valence-corrected chi connectivity index (χ4v) is 6.09. The quantitative estimate of drug-likeness (QED) is 0.541. The molecule has 3 aliphatic rings. The Labute approximate surface area is 220 Å². The predicted molar refractivity (Wildman–Crippen MR) is 149 cm³/mol. The van der Waals surface area contributed by atoms with E-state index < -0.39 is 0 Å². The molecule has 7 heteroatoms. The average molecular weight is 505 g/mol. The Bertz CT molecular complexity index is 1080. The third-order valence-electron chi connectivity index (χ3n) is 8.22. The number of nitrogens with one attached hydrogen (secondary N) is 2. The van der Waals surface area contributed by atoms with E-state index in [2.05, 4.69) is 26.5 Å². The van der Waals surface area contributed by atoms with Crippen molar-refractivity contribution in [3.63, 3.8) is 0 Å². The van der Waals surface area contributed by atoms with Crippen molar-refractivity contribution in [3.8, 4) is 5.75 Å². The molecule has 1 saturated heterocycles. The molecule has 0 bridgehead atoms. The highest BCUT2D eigenvalue weighted by atomic mass is 16.5. The van der Waals surface area contributed by atoms with E-state index in [1.54, 1.807) is 7.11 Å². The van der Waals surface area contributed by atoms with Crippen LogP contribution in [0.5, 0.6) is 5.75 Å². The average Bonchev–Trinajstić information content (AvgIpc) is 3.49. The summed E-state index contributed by atoms with van der Waals surface area (Å²) in [5, 5.41) is 6.39. The summed E-state index contributed by atoms with van der Waals surface area (Å²) in [5.41, 5.74) is 3.40. The van der Waals surface area contributed by atoms with Gasteiger partial charge in [0.2, 0.25) is 5.91 Å². The minimum Gasteiger partial charge on any atom is -0.495 e. The maximum Gasteiger partial charge on any atom is 0.253 e. The van der Waals surface area contributed by atoms with Gasteiger partial charge < -0.3 is 25.2 Å². The molecule has 3 fully saturated rings. The van der Waals surface area contributed by atoms with Gasteiger partial charge in [-0.1, -0.05) is 44.2 Å². The Morgan fingerprint density at radius 1 is 0.811 bits per heavy atom. The number of nitrogens with zero attached hydrogens (tertiary/aromatic N) is 2. The van der Waals surface area contributed by atoms with Gasteiger partial charge in [0.25, 0.3) is 5.91 Å². The van der Waals surface area contributed by atoms with Gasteiger partial charge in [0.1, 0.15) is 5.75 Å². The Kier molecular flexibility index (Phi) is 8.17. The van der Waals surface area contributed by atoms with Crippen molar-refractivity contribution in [2.45, 2.75) is 63.8 Å². The smallest absolute Gasteiger partial charge is 0.253 e. The van der Waals surface area contributed by atoms with E-state index in [0.29, 0.717) is 11.3 Å². The summed E-state index contributed by atoms with van der Waals surface area (Å²) in [6, 6.07) is 14.2. The molecule has 7 nitrogen and oxygen atoms in total. The molecule has 2 saturated carbocycles. The van der Waals surface area contributed by atoms with Gasteiger partial charge >= 0.3 is 0 Å². The molecule has 0 atom stereocenters. The number of piperazine rings is 1. The Morgan fingerprint density at radius 2 is 1.46 bits per heavy atom. The number of methoxy groups -OCH3 is 1. The first-order chi connectivity index (χ1) is 18.1. The molecule has 2 N–H and O–H groups in total. The molecule has 5 rings (SSSR count). The number of para-hydroxylation sites is 2. The minimum atomic E-state index is -0.0361. The van der Waals surface area contributed by atoms with Crippen LogP contribution in [0.3, 0.4) is 0 Å². The lowest BCUT2D eigenvalue weighted by Crippen LogP contribution is -2.47. The molecule has 2 amide bonds. The molecule has 2 aliphatic carbocycles. The topological polar surface area (TPSA) is 73.9 Å². The largest absolute Gasteiger partial charge is 0.495 e. The SMILES string of the molecule is COc1ccccc1N1CCN(c2ccc(NC(=O)C3CCCC3)cc2C(=O)NC2CCCCC2)CC1. The van der Waals surface area contributed by atoms with Crippen molar-refractivity contribution in [2.24, 2.45) is 5.92 Å². The van der Waals surface area contributed by atoms with E-state index in [0.717, 1.165) is 81.8 Å². The molecule has 0 radical (unpaired) electrons. The Hall–Kier alpha value is -3.22. The zero-order chi connectivity index (χ0) is 25.6. The maximum atomic E-state index is 13.6. The van der Waals surface area contributed by atoms with Crippen LogP contribution < -0.4 is 25.2 Å². The van der Waals surface area contributed by atoms with Crippen LogP contribution in [0, 0.1) is 5.92 Å². The first kappa shape index (κ1) is 25.4. The number of benzene rings is 2. The van der Waals surface area contributed by atoms with Crippen LogP contribution in [0.1, 0.15) is 68.1 Å². The zero-order valence-electron chi connectivity index (χ0n) is 22.0. The lowest BCUT2D eigenvalue weighted by molar-refractivity contribution is -0.119. The summed E-state index contributed by atoms with van der Waals surface area (Å²) in [7, 11) is 1.71. The molecule has 0 spiro atoms. The van der Waals surface area contributed by atoms with Gasteiger partial charge in [-0.2, -0.15) is 0 Å². The van der Waals surface area contributed by atoms with Gasteiger partial charge in [-0.25, -0.2) is 0 Å². The van der Waals surface area contributed by atoms with E-state index in [1.807, 2.05) is 36.4 Å². The van der Waals surface area contributed by atoms with Gasteiger partial charge in [0, 0.05) is 49.5 Å². The summed E-state index contributed by atoms with van der Waals surface area (Å²) in [6.07, 6.45) is 9.80. The first-order valence-electron chi connectivity index (χ1n) is 14.0. The van der Waals surface area contributed by atoms with Crippen LogP contribution in [0.2, 0.25) is 0 Å². The number of hydrogen-bond acceptors (Lipinski definition) is 5. The number of carbonyl (C=O) groups is 2. The van der Waals surface area contributed by atoms with Gasteiger partial charge in [-0.3, -0.25) is 9.59 Å². The summed E-state index contributed by atoms with van der Waals surface area (Å²) in [5.74, 6) is 1.01. The summed E-state index contributed by atoms with van der Waals surface area (Å²) in [4.78, 5) is 31.0. The lowest BCUT2D eigenvalue weighted by Gasteiger charge is -2.38. The fraction of sp³-hybridized carbons (Fsp3) is 0.533. The molecular formula is C30H40N4O3. The minimum absolute atomic E-state index is 0.0361. The Morgan fingerprint density at radius 3 is 2.16 bits per heavy atom. The van der Waals surface area contributed by atoms with E-state index in [1.165, 1.54) is 19.3 Å². The van der Waals surface area contributed by atoms with Crippen LogP contribution >= 0.6 is 0 Å². The fourth-order valence-electron chi connectivity index (χ4n) is 6.09. The molecule has 0 aromatic heterocycles. The van der Waals surface area contributed by atoms with E-state index in [4.69, 9.17) is 4.74 Å². The van der Waals surface area contributed by atoms with Crippen molar-refractivity contribution >= 4 is 28.9 Å². The Balaban J connectivity index is 1.34. The zero-order valence-corrected chi connectivity index (χ0v) is 22.0. The van der Waals surface area contributed by atoms with Gasteiger partial charge in [0.05, 0.1) is 18.4 Å². The van der Waals surface area contributed by atoms with Gasteiger partial charge in [-0.15, -0.1) is 0 Å². The van der Waals surface area contributed by atoms with E-state index in [-0.39, 0.29) is 23.8 Å². The van der Waals surface area contributed by atoms with Gasteiger partial charge in [0.15, 0.2) is 0 Å². The third-order valence-corrected chi connectivity index (χ3v) is 8.22. The second-order valence-corrected chi connectivity index (χ2v) is 10.7. The molecule has 2 aromatic rings. The lowest BCUT2D eigenvalue weighted by atomic mass is 9.95. The van der Waals surface area contributed by atoms with Crippen molar-refractivity contribution < 1.29 is 14.3 Å². The molecule has 1 heterocycles. The normalized spacial score (nSPS) is 19.1.